The molecule has 2 N–H and O–H groups in total. The third kappa shape index (κ3) is 4.92. The molecule has 4 nitrogen and oxygen atoms in total. The quantitative estimate of drug-likeness (QED) is 0.792. The third-order valence-corrected chi connectivity index (χ3v) is 3.75. The molecule has 108 valence electrons. The molecule has 0 aromatic rings. The molecule has 0 bridgehead atoms. The maximum absolute atomic E-state index is 11.8. The summed E-state index contributed by atoms with van der Waals surface area (Å²) >= 11 is 0. The molecule has 0 aromatic heterocycles. The standard InChI is InChI=1S/C12H23N3O.2ClH/c1-15(2)11(9-3-4-9)8-14-12(16)10-5-6-13-7-10;;/h9-11,13H,3-8H2,1-2H3,(H,14,16);2*1H. The van der Waals surface area contributed by atoms with E-state index in [4.69, 9.17) is 0 Å². The van der Waals surface area contributed by atoms with Crippen molar-refractivity contribution in [3.63, 3.8) is 0 Å². The van der Waals surface area contributed by atoms with Crippen LogP contribution in [0.3, 0.4) is 0 Å². The van der Waals surface area contributed by atoms with Gasteiger partial charge >= 0.3 is 0 Å². The lowest BCUT2D eigenvalue weighted by Crippen LogP contribution is -2.43. The third-order valence-electron chi connectivity index (χ3n) is 3.75. The summed E-state index contributed by atoms with van der Waals surface area (Å²) in [4.78, 5) is 14.1. The van der Waals surface area contributed by atoms with E-state index in [1.54, 1.807) is 0 Å². The lowest BCUT2D eigenvalue weighted by atomic mass is 10.1. The molecular weight excluding hydrogens is 273 g/mol. The Kier molecular flexibility index (Phi) is 8.19. The lowest BCUT2D eigenvalue weighted by molar-refractivity contribution is -0.124. The highest BCUT2D eigenvalue weighted by atomic mass is 35.5. The largest absolute Gasteiger partial charge is 0.354 e. The van der Waals surface area contributed by atoms with Crippen molar-refractivity contribution in [1.29, 1.82) is 0 Å². The summed E-state index contributed by atoms with van der Waals surface area (Å²) in [6, 6.07) is 0.526. The molecule has 1 saturated heterocycles. The Morgan fingerprint density at radius 1 is 1.33 bits per heavy atom. The Bertz CT molecular complexity index is 252. The number of nitrogens with zero attached hydrogens (tertiary/aromatic N) is 1. The molecular formula is C12H25Cl2N3O. The van der Waals surface area contributed by atoms with Gasteiger partial charge in [-0.25, -0.2) is 0 Å². The second kappa shape index (κ2) is 8.20. The zero-order valence-electron chi connectivity index (χ0n) is 11.1. The van der Waals surface area contributed by atoms with E-state index in [1.165, 1.54) is 12.8 Å². The van der Waals surface area contributed by atoms with Crippen molar-refractivity contribution in [1.82, 2.24) is 15.5 Å². The van der Waals surface area contributed by atoms with Gasteiger partial charge in [-0.1, -0.05) is 0 Å². The highest BCUT2D eigenvalue weighted by Gasteiger charge is 2.33. The van der Waals surface area contributed by atoms with Crippen LogP contribution in [0.15, 0.2) is 0 Å². The Morgan fingerprint density at radius 2 is 2.00 bits per heavy atom. The highest BCUT2D eigenvalue weighted by molar-refractivity contribution is 5.85. The zero-order valence-corrected chi connectivity index (χ0v) is 12.8. The minimum Gasteiger partial charge on any atom is -0.354 e. The van der Waals surface area contributed by atoms with Gasteiger partial charge in [0, 0.05) is 19.1 Å². The number of halogens is 2. The lowest BCUT2D eigenvalue weighted by Gasteiger charge is -2.25. The van der Waals surface area contributed by atoms with Gasteiger partial charge < -0.3 is 15.5 Å². The normalized spacial score (nSPS) is 24.1. The molecule has 1 aliphatic heterocycles. The summed E-state index contributed by atoms with van der Waals surface area (Å²) < 4.78 is 0. The molecule has 1 saturated carbocycles. The van der Waals surface area contributed by atoms with Crippen molar-refractivity contribution in [2.45, 2.75) is 25.3 Å². The molecule has 0 spiro atoms. The number of hydrogen-bond acceptors (Lipinski definition) is 3. The van der Waals surface area contributed by atoms with Gasteiger partial charge in [-0.15, -0.1) is 24.8 Å². The van der Waals surface area contributed by atoms with Gasteiger partial charge in [0.15, 0.2) is 0 Å². The van der Waals surface area contributed by atoms with Gasteiger partial charge in [0.1, 0.15) is 0 Å². The molecule has 1 aliphatic carbocycles. The molecule has 18 heavy (non-hydrogen) atoms. The summed E-state index contributed by atoms with van der Waals surface area (Å²) in [6.07, 6.45) is 3.63. The maximum atomic E-state index is 11.8. The summed E-state index contributed by atoms with van der Waals surface area (Å²) in [5.41, 5.74) is 0. The fourth-order valence-corrected chi connectivity index (χ4v) is 2.48. The molecule has 2 aliphatic rings. The van der Waals surface area contributed by atoms with Crippen molar-refractivity contribution in [2.75, 3.05) is 33.7 Å². The minimum absolute atomic E-state index is 0. The van der Waals surface area contributed by atoms with Gasteiger partial charge in [0.25, 0.3) is 0 Å². The van der Waals surface area contributed by atoms with Gasteiger partial charge in [0.05, 0.1) is 5.92 Å². The maximum Gasteiger partial charge on any atom is 0.224 e. The summed E-state index contributed by atoms with van der Waals surface area (Å²) in [5.74, 6) is 1.23. The fourth-order valence-electron chi connectivity index (χ4n) is 2.48. The summed E-state index contributed by atoms with van der Waals surface area (Å²) in [5, 5.41) is 6.33. The first kappa shape index (κ1) is 18.0. The monoisotopic (exact) mass is 297 g/mol. The average molecular weight is 298 g/mol. The van der Waals surface area contributed by atoms with E-state index in [0.717, 1.165) is 32.0 Å². The number of carbonyl (C=O) groups is 1. The van der Waals surface area contributed by atoms with Crippen LogP contribution in [0.25, 0.3) is 0 Å². The summed E-state index contributed by atoms with van der Waals surface area (Å²) in [7, 11) is 4.21. The van der Waals surface area contributed by atoms with Crippen molar-refractivity contribution in [3.05, 3.63) is 0 Å². The Morgan fingerprint density at radius 3 is 2.44 bits per heavy atom. The molecule has 0 aromatic carbocycles. The van der Waals surface area contributed by atoms with E-state index >= 15 is 0 Å². The smallest absolute Gasteiger partial charge is 0.224 e. The van der Waals surface area contributed by atoms with Gasteiger partial charge in [-0.2, -0.15) is 0 Å². The van der Waals surface area contributed by atoms with E-state index in [2.05, 4.69) is 29.6 Å². The summed E-state index contributed by atoms with van der Waals surface area (Å²) in [6.45, 7) is 2.65. The van der Waals surface area contributed by atoms with Gasteiger partial charge in [0.2, 0.25) is 5.91 Å². The molecule has 2 fully saturated rings. The Hall–Kier alpha value is -0.0300. The van der Waals surface area contributed by atoms with Crippen LogP contribution in [0.2, 0.25) is 0 Å². The van der Waals surface area contributed by atoms with E-state index in [1.807, 2.05) is 0 Å². The fraction of sp³-hybridized carbons (Fsp3) is 0.917. The van der Waals surface area contributed by atoms with Crippen molar-refractivity contribution >= 4 is 30.7 Å². The first-order chi connectivity index (χ1) is 7.68. The van der Waals surface area contributed by atoms with Crippen LogP contribution in [0.1, 0.15) is 19.3 Å². The van der Waals surface area contributed by atoms with Crippen LogP contribution in [0, 0.1) is 11.8 Å². The van der Waals surface area contributed by atoms with E-state index < -0.39 is 0 Å². The van der Waals surface area contributed by atoms with Crippen LogP contribution in [0.5, 0.6) is 0 Å². The Balaban J connectivity index is 0.00000144. The topological polar surface area (TPSA) is 44.4 Å². The predicted octanol–water partition coefficient (Wildman–Crippen LogP) is 0.896. The number of likely N-dealkylation sites (N-methyl/N-ethyl adjacent to an activating group) is 1. The van der Waals surface area contributed by atoms with Gasteiger partial charge in [-0.05, 0) is 45.8 Å². The SMILES string of the molecule is CN(C)C(CNC(=O)C1CCNC1)C1CC1.Cl.Cl. The predicted molar refractivity (Wildman–Crippen MR) is 78.7 cm³/mol. The van der Waals surface area contributed by atoms with Crippen LogP contribution in [-0.4, -0.2) is 50.6 Å². The molecule has 1 heterocycles. The number of nitrogens with one attached hydrogen (secondary N) is 2. The van der Waals surface area contributed by atoms with Crippen LogP contribution >= 0.6 is 24.8 Å². The van der Waals surface area contributed by atoms with E-state index in [-0.39, 0.29) is 36.6 Å². The number of hydrogen-bond donors (Lipinski definition) is 2. The molecule has 1 amide bonds. The molecule has 2 unspecified atom stereocenters. The van der Waals surface area contributed by atoms with Crippen molar-refractivity contribution < 1.29 is 4.79 Å². The van der Waals surface area contributed by atoms with Crippen LogP contribution in [0.4, 0.5) is 0 Å². The second-order valence-electron chi connectivity index (χ2n) is 5.30. The van der Waals surface area contributed by atoms with Crippen LogP contribution < -0.4 is 10.6 Å². The van der Waals surface area contributed by atoms with E-state index in [0.29, 0.717) is 6.04 Å². The number of amides is 1. The van der Waals surface area contributed by atoms with Gasteiger partial charge in [-0.3, -0.25) is 4.79 Å². The van der Waals surface area contributed by atoms with E-state index in [9.17, 15) is 4.79 Å². The first-order valence-corrected chi connectivity index (χ1v) is 6.33. The zero-order chi connectivity index (χ0) is 11.5. The molecule has 2 atom stereocenters. The first-order valence-electron chi connectivity index (χ1n) is 6.33. The second-order valence-corrected chi connectivity index (χ2v) is 5.30. The van der Waals surface area contributed by atoms with Crippen molar-refractivity contribution in [2.24, 2.45) is 11.8 Å². The van der Waals surface area contributed by atoms with Crippen LogP contribution in [-0.2, 0) is 4.79 Å². The van der Waals surface area contributed by atoms with Crippen molar-refractivity contribution in [3.8, 4) is 0 Å². The molecule has 0 radical (unpaired) electrons. The highest BCUT2D eigenvalue weighted by Crippen LogP contribution is 2.34. The Labute approximate surface area is 122 Å². The number of rotatable bonds is 5. The average Bonchev–Trinajstić information content (AvgIpc) is 2.93. The molecule has 2 rings (SSSR count). The number of carbonyl (C=O) groups excluding carboxylic acids is 1. The molecule has 6 heteroatoms. The minimum atomic E-state index is 0.